The zero-order valence-corrected chi connectivity index (χ0v) is 17.3. The summed E-state index contributed by atoms with van der Waals surface area (Å²) in [5.74, 6) is -2.86. The van der Waals surface area contributed by atoms with Gasteiger partial charge in [0, 0.05) is 36.5 Å². The predicted octanol–water partition coefficient (Wildman–Crippen LogP) is 5.64. The molecule has 0 aliphatic carbocycles. The second kappa shape index (κ2) is 8.66. The van der Waals surface area contributed by atoms with Crippen molar-refractivity contribution in [3.05, 3.63) is 46.6 Å². The van der Waals surface area contributed by atoms with Crippen LogP contribution in [0.2, 0.25) is 5.02 Å². The molecule has 1 aromatic carbocycles. The van der Waals surface area contributed by atoms with Crippen LogP contribution < -0.4 is 10.2 Å². The van der Waals surface area contributed by atoms with Gasteiger partial charge >= 0.3 is 0 Å². The van der Waals surface area contributed by atoms with Gasteiger partial charge in [-0.3, -0.25) is 4.79 Å². The Hall–Kier alpha value is -1.86. The van der Waals surface area contributed by atoms with Crippen LogP contribution in [0.4, 0.5) is 20.3 Å². The predicted molar refractivity (Wildman–Crippen MR) is 111 cm³/mol. The molecule has 1 amide bonds. The van der Waals surface area contributed by atoms with Crippen LogP contribution in [0.15, 0.2) is 35.2 Å². The first-order chi connectivity index (χ1) is 13.3. The molecule has 4 nitrogen and oxygen atoms in total. The maximum atomic E-state index is 14.3. The van der Waals surface area contributed by atoms with Crippen LogP contribution in [0.1, 0.15) is 35.3 Å². The van der Waals surface area contributed by atoms with Gasteiger partial charge in [0.2, 0.25) is 5.92 Å². The van der Waals surface area contributed by atoms with Gasteiger partial charge < -0.3 is 10.2 Å². The molecule has 8 heteroatoms. The van der Waals surface area contributed by atoms with Crippen LogP contribution in [0.5, 0.6) is 0 Å². The van der Waals surface area contributed by atoms with Crippen molar-refractivity contribution in [2.75, 3.05) is 29.6 Å². The number of alkyl halides is 2. The second-order valence-corrected chi connectivity index (χ2v) is 8.03. The van der Waals surface area contributed by atoms with Crippen LogP contribution in [-0.4, -0.2) is 36.2 Å². The Morgan fingerprint density at radius 3 is 2.82 bits per heavy atom. The van der Waals surface area contributed by atoms with Crippen molar-refractivity contribution in [1.29, 1.82) is 0 Å². The number of rotatable bonds is 2. The van der Waals surface area contributed by atoms with Crippen LogP contribution in [0.25, 0.3) is 0 Å². The first kappa shape index (κ1) is 20.9. The molecule has 1 N–H and O–H groups in total. The van der Waals surface area contributed by atoms with Gasteiger partial charge in [-0.25, -0.2) is 13.8 Å². The van der Waals surface area contributed by atoms with Gasteiger partial charge in [-0.1, -0.05) is 17.7 Å². The van der Waals surface area contributed by atoms with Crippen molar-refractivity contribution in [1.82, 2.24) is 4.98 Å². The van der Waals surface area contributed by atoms with E-state index in [4.69, 9.17) is 11.6 Å². The highest BCUT2D eigenvalue weighted by Crippen LogP contribution is 2.31. The monoisotopic (exact) mass is 425 g/mol. The zero-order chi connectivity index (χ0) is 20.3. The molecular weight excluding hydrogens is 404 g/mol. The first-order valence-electron chi connectivity index (χ1n) is 9.05. The highest BCUT2D eigenvalue weighted by molar-refractivity contribution is 7.98. The number of pyridine rings is 1. The van der Waals surface area contributed by atoms with Crippen molar-refractivity contribution in [3.8, 4) is 0 Å². The maximum Gasteiger partial charge on any atom is 0.262 e. The Kier molecular flexibility index (Phi) is 6.45. The fraction of sp³-hybridized carbons (Fsp3) is 0.400. The fourth-order valence-electron chi connectivity index (χ4n) is 3.10. The number of nitrogens with one attached hydrogen (secondary N) is 1. The van der Waals surface area contributed by atoms with E-state index >= 15 is 0 Å². The van der Waals surface area contributed by atoms with Gasteiger partial charge in [0.05, 0.1) is 16.3 Å². The molecule has 1 aliphatic heterocycles. The molecule has 3 rings (SSSR count). The molecule has 0 radical (unpaired) electrons. The lowest BCUT2D eigenvalue weighted by Crippen LogP contribution is -2.35. The van der Waals surface area contributed by atoms with Gasteiger partial charge in [0.15, 0.2) is 0 Å². The molecule has 2 aromatic rings. The maximum absolute atomic E-state index is 14.3. The van der Waals surface area contributed by atoms with Crippen LogP contribution >= 0.6 is 23.4 Å². The SMILES string of the molecule is CSc1cccc(N2CCC(F)(F)CCCNc3nc(C)c(Cl)cc3C2=O)c1. The van der Waals surface area contributed by atoms with Crippen molar-refractivity contribution < 1.29 is 13.6 Å². The summed E-state index contributed by atoms with van der Waals surface area (Å²) in [6.07, 6.45) is 1.57. The number of thioether (sulfide) groups is 1. The molecule has 150 valence electrons. The highest BCUT2D eigenvalue weighted by atomic mass is 35.5. The minimum absolute atomic E-state index is 0.0887. The number of benzene rings is 1. The number of aryl methyl sites for hydroxylation is 1. The van der Waals surface area contributed by atoms with Crippen LogP contribution in [0.3, 0.4) is 0 Å². The number of fused-ring (bicyclic) bond motifs is 1. The third-order valence-electron chi connectivity index (χ3n) is 4.70. The number of anilines is 2. The molecule has 0 atom stereocenters. The van der Waals surface area contributed by atoms with E-state index in [1.807, 2.05) is 24.5 Å². The molecule has 1 aromatic heterocycles. The number of nitrogens with zero attached hydrogens (tertiary/aromatic N) is 2. The molecule has 28 heavy (non-hydrogen) atoms. The lowest BCUT2D eigenvalue weighted by Gasteiger charge is -2.26. The van der Waals surface area contributed by atoms with Gasteiger partial charge in [-0.2, -0.15) is 0 Å². The summed E-state index contributed by atoms with van der Waals surface area (Å²) in [6, 6.07) is 8.88. The molecule has 0 spiro atoms. The van der Waals surface area contributed by atoms with Gasteiger partial charge in [-0.15, -0.1) is 11.8 Å². The summed E-state index contributed by atoms with van der Waals surface area (Å²) in [4.78, 5) is 20.1. The number of carbonyl (C=O) groups is 1. The largest absolute Gasteiger partial charge is 0.369 e. The van der Waals surface area contributed by atoms with Crippen LogP contribution in [-0.2, 0) is 0 Å². The van der Waals surface area contributed by atoms with E-state index in [2.05, 4.69) is 10.3 Å². The Balaban J connectivity index is 2.08. The van der Waals surface area contributed by atoms with Gasteiger partial charge in [0.1, 0.15) is 5.82 Å². The molecular formula is C20H22ClF2N3OS. The normalized spacial score (nSPS) is 17.5. The molecule has 0 bridgehead atoms. The minimum Gasteiger partial charge on any atom is -0.369 e. The average Bonchev–Trinajstić information content (AvgIpc) is 2.69. The smallest absolute Gasteiger partial charge is 0.262 e. The number of aromatic nitrogens is 1. The third-order valence-corrected chi connectivity index (χ3v) is 5.81. The second-order valence-electron chi connectivity index (χ2n) is 6.75. The molecule has 0 fully saturated rings. The average molecular weight is 426 g/mol. The molecule has 0 saturated heterocycles. The van der Waals surface area contributed by atoms with Crippen LogP contribution in [0, 0.1) is 6.92 Å². The van der Waals surface area contributed by atoms with Crippen molar-refractivity contribution in [2.45, 2.75) is 37.0 Å². The summed E-state index contributed by atoms with van der Waals surface area (Å²) in [5.41, 5.74) is 1.45. The summed E-state index contributed by atoms with van der Waals surface area (Å²) in [5, 5.41) is 3.40. The van der Waals surface area contributed by atoms with E-state index in [0.717, 1.165) is 4.90 Å². The lowest BCUT2D eigenvalue weighted by molar-refractivity contribution is -0.0147. The van der Waals surface area contributed by atoms with E-state index in [9.17, 15) is 13.6 Å². The summed E-state index contributed by atoms with van der Waals surface area (Å²) in [7, 11) is 0. The van der Waals surface area contributed by atoms with Crippen molar-refractivity contribution in [2.24, 2.45) is 0 Å². The summed E-state index contributed by atoms with van der Waals surface area (Å²) < 4.78 is 28.6. The fourth-order valence-corrected chi connectivity index (χ4v) is 3.71. The minimum atomic E-state index is -2.84. The van der Waals surface area contributed by atoms with Gasteiger partial charge in [0.25, 0.3) is 5.91 Å². The highest BCUT2D eigenvalue weighted by Gasteiger charge is 2.32. The quantitative estimate of drug-likeness (QED) is 0.632. The van der Waals surface area contributed by atoms with Crippen molar-refractivity contribution in [3.63, 3.8) is 0 Å². The summed E-state index contributed by atoms with van der Waals surface area (Å²) in [6.45, 7) is 1.97. The Bertz CT molecular complexity index is 879. The molecule has 1 aliphatic rings. The number of hydrogen-bond acceptors (Lipinski definition) is 4. The first-order valence-corrected chi connectivity index (χ1v) is 10.7. The molecule has 2 heterocycles. The topological polar surface area (TPSA) is 45.2 Å². The Morgan fingerprint density at radius 1 is 1.29 bits per heavy atom. The summed E-state index contributed by atoms with van der Waals surface area (Å²) >= 11 is 7.74. The Labute approximate surface area is 172 Å². The number of carbonyl (C=O) groups excluding carboxylic acids is 1. The lowest BCUT2D eigenvalue weighted by atomic mass is 10.1. The standard InChI is InChI=1S/C20H22ClF2N3OS/c1-13-17(21)12-16-18(25-13)24-9-4-7-20(22,23)8-10-26(19(16)27)14-5-3-6-15(11-14)28-2/h3,5-6,11-12H,4,7-10H2,1-2H3,(H,24,25). The van der Waals surface area contributed by atoms with E-state index in [1.54, 1.807) is 19.1 Å². The van der Waals surface area contributed by atoms with E-state index in [-0.39, 0.29) is 24.9 Å². The zero-order valence-electron chi connectivity index (χ0n) is 15.8. The van der Waals surface area contributed by atoms with E-state index < -0.39 is 18.3 Å². The number of halogens is 3. The molecule has 0 unspecified atom stereocenters. The Morgan fingerprint density at radius 2 is 2.07 bits per heavy atom. The molecule has 0 saturated carbocycles. The van der Waals surface area contributed by atoms with E-state index in [1.165, 1.54) is 16.7 Å². The number of amides is 1. The third kappa shape index (κ3) is 4.75. The van der Waals surface area contributed by atoms with Crippen molar-refractivity contribution >= 4 is 40.8 Å². The van der Waals surface area contributed by atoms with Gasteiger partial charge in [-0.05, 0) is 43.9 Å². The number of hydrogen-bond donors (Lipinski definition) is 1. The van der Waals surface area contributed by atoms with E-state index in [0.29, 0.717) is 28.8 Å².